The zero-order valence-electron chi connectivity index (χ0n) is 18.8. The van der Waals surface area contributed by atoms with Gasteiger partial charge in [-0.3, -0.25) is 9.69 Å². The molecule has 32 heavy (non-hydrogen) atoms. The molecule has 0 aliphatic carbocycles. The van der Waals surface area contributed by atoms with Gasteiger partial charge in [0.1, 0.15) is 5.75 Å². The topological polar surface area (TPSA) is 60.4 Å². The number of ether oxygens (including phenoxy) is 3. The van der Waals surface area contributed by atoms with Gasteiger partial charge >= 0.3 is 0 Å². The molecule has 0 spiro atoms. The molecule has 1 amide bonds. The molecule has 0 bridgehead atoms. The third-order valence-electron chi connectivity index (χ3n) is 4.94. The van der Waals surface area contributed by atoms with E-state index >= 15 is 0 Å². The fourth-order valence-corrected chi connectivity index (χ4v) is 4.34. The zero-order valence-corrected chi connectivity index (χ0v) is 20.4. The lowest BCUT2D eigenvalue weighted by Gasteiger charge is -2.17. The maximum absolute atomic E-state index is 13.0. The third kappa shape index (κ3) is 5.40. The number of hydrogen-bond donors (Lipinski definition) is 0. The van der Waals surface area contributed by atoms with E-state index in [1.807, 2.05) is 51.1 Å². The molecule has 170 valence electrons. The van der Waals surface area contributed by atoms with Gasteiger partial charge in [0, 0.05) is 6.54 Å². The second-order valence-corrected chi connectivity index (χ2v) is 8.54. The minimum absolute atomic E-state index is 0.00686. The summed E-state index contributed by atoms with van der Waals surface area (Å²) in [7, 11) is 3.19. The van der Waals surface area contributed by atoms with Crippen molar-refractivity contribution >= 4 is 46.2 Å². The summed E-state index contributed by atoms with van der Waals surface area (Å²) in [4.78, 5) is 19.8. The average Bonchev–Trinajstić information content (AvgIpc) is 3.09. The van der Waals surface area contributed by atoms with Crippen molar-refractivity contribution in [2.24, 2.45) is 4.99 Å². The first-order valence-electron chi connectivity index (χ1n) is 10.4. The second-order valence-electron chi connectivity index (χ2n) is 7.12. The van der Waals surface area contributed by atoms with Crippen molar-refractivity contribution in [3.63, 3.8) is 0 Å². The molecule has 1 saturated heterocycles. The minimum atomic E-state index is -0.0974. The minimum Gasteiger partial charge on any atom is -0.497 e. The van der Waals surface area contributed by atoms with Crippen molar-refractivity contribution in [3.8, 4) is 17.2 Å². The number of thioether (sulfide) groups is 1. The van der Waals surface area contributed by atoms with Crippen LogP contribution in [-0.4, -0.2) is 42.8 Å². The SMILES string of the molecule is CC[C@H](C)Oc1c(Cl)cc(/C=C2/SC(=Nc3ccc(OC)cc3)N(CC)C2=O)cc1OC. The summed E-state index contributed by atoms with van der Waals surface area (Å²) in [6.45, 7) is 6.45. The molecule has 0 radical (unpaired) electrons. The summed E-state index contributed by atoms with van der Waals surface area (Å²) in [6.07, 6.45) is 2.65. The molecule has 1 aliphatic heterocycles. The van der Waals surface area contributed by atoms with E-state index in [-0.39, 0.29) is 12.0 Å². The van der Waals surface area contributed by atoms with E-state index in [0.29, 0.717) is 33.1 Å². The van der Waals surface area contributed by atoms with Crippen molar-refractivity contribution in [2.75, 3.05) is 20.8 Å². The van der Waals surface area contributed by atoms with Crippen LogP contribution in [0.3, 0.4) is 0 Å². The largest absolute Gasteiger partial charge is 0.497 e. The second kappa shape index (κ2) is 10.8. The maximum atomic E-state index is 13.0. The van der Waals surface area contributed by atoms with Gasteiger partial charge in [-0.1, -0.05) is 18.5 Å². The summed E-state index contributed by atoms with van der Waals surface area (Å²) in [5.74, 6) is 1.69. The molecule has 0 N–H and O–H groups in total. The molecule has 0 saturated carbocycles. The number of likely N-dealkylation sites (N-methyl/N-ethyl adjacent to an activating group) is 1. The molecule has 2 aromatic rings. The Morgan fingerprint density at radius 2 is 1.88 bits per heavy atom. The van der Waals surface area contributed by atoms with E-state index in [1.54, 1.807) is 31.3 Å². The molecule has 1 heterocycles. The van der Waals surface area contributed by atoms with Gasteiger partial charge in [0.05, 0.1) is 35.9 Å². The Labute approximate surface area is 198 Å². The molecular formula is C24H27ClN2O4S. The predicted octanol–water partition coefficient (Wildman–Crippen LogP) is 6.16. The molecule has 1 fully saturated rings. The number of rotatable bonds is 8. The van der Waals surface area contributed by atoms with Crippen LogP contribution >= 0.6 is 23.4 Å². The van der Waals surface area contributed by atoms with Crippen LogP contribution in [-0.2, 0) is 4.79 Å². The Bertz CT molecular complexity index is 1040. The first-order valence-corrected chi connectivity index (χ1v) is 11.6. The molecule has 1 aliphatic rings. The number of carbonyl (C=O) groups is 1. The van der Waals surface area contributed by atoms with Crippen molar-refractivity contribution in [1.82, 2.24) is 4.90 Å². The van der Waals surface area contributed by atoms with Gasteiger partial charge in [-0.25, -0.2) is 4.99 Å². The van der Waals surface area contributed by atoms with Gasteiger partial charge in [-0.2, -0.15) is 0 Å². The fraction of sp³-hybridized carbons (Fsp3) is 0.333. The van der Waals surface area contributed by atoms with E-state index in [0.717, 1.165) is 23.4 Å². The van der Waals surface area contributed by atoms with Crippen LogP contribution in [0.5, 0.6) is 17.2 Å². The molecule has 2 aromatic carbocycles. The summed E-state index contributed by atoms with van der Waals surface area (Å²) in [5, 5.41) is 1.06. The lowest BCUT2D eigenvalue weighted by molar-refractivity contribution is -0.122. The number of methoxy groups -OCH3 is 2. The molecule has 1 atom stereocenters. The molecule has 3 rings (SSSR count). The first-order chi connectivity index (χ1) is 15.4. The first kappa shape index (κ1) is 24.0. The van der Waals surface area contributed by atoms with Crippen molar-refractivity contribution < 1.29 is 19.0 Å². The number of amidine groups is 1. The molecule has 0 unspecified atom stereocenters. The van der Waals surface area contributed by atoms with Crippen LogP contribution in [0.1, 0.15) is 32.8 Å². The summed E-state index contributed by atoms with van der Waals surface area (Å²) >= 11 is 7.81. The molecule has 8 heteroatoms. The quantitative estimate of drug-likeness (QED) is 0.429. The van der Waals surface area contributed by atoms with Crippen LogP contribution in [0, 0.1) is 0 Å². The van der Waals surface area contributed by atoms with Gasteiger partial charge in [-0.15, -0.1) is 0 Å². The molecular weight excluding hydrogens is 448 g/mol. The normalized spacial score (nSPS) is 17.2. The van der Waals surface area contributed by atoms with E-state index in [1.165, 1.54) is 11.8 Å². The standard InChI is InChI=1S/C24H27ClN2O4S/c1-6-15(3)31-22-19(25)12-16(13-20(22)30-5)14-21-23(28)27(7-2)24(32-21)26-17-8-10-18(29-4)11-9-17/h8-15H,6-7H2,1-5H3/b21-14+,26-24?/t15-/m0/s1. The van der Waals surface area contributed by atoms with Gasteiger partial charge < -0.3 is 14.2 Å². The highest BCUT2D eigenvalue weighted by Gasteiger charge is 2.32. The van der Waals surface area contributed by atoms with E-state index in [2.05, 4.69) is 4.99 Å². The lowest BCUT2D eigenvalue weighted by atomic mass is 10.1. The summed E-state index contributed by atoms with van der Waals surface area (Å²) < 4.78 is 16.6. The smallest absolute Gasteiger partial charge is 0.266 e. The Hall–Kier alpha value is -2.64. The highest BCUT2D eigenvalue weighted by atomic mass is 35.5. The van der Waals surface area contributed by atoms with Gasteiger partial charge in [0.25, 0.3) is 5.91 Å². The van der Waals surface area contributed by atoms with Crippen LogP contribution in [0.15, 0.2) is 46.3 Å². The Kier molecular flexibility index (Phi) is 8.10. The van der Waals surface area contributed by atoms with Gasteiger partial charge in [-0.05, 0) is 80.1 Å². The van der Waals surface area contributed by atoms with E-state index in [9.17, 15) is 4.79 Å². The number of nitrogens with zero attached hydrogens (tertiary/aromatic N) is 2. The Morgan fingerprint density at radius 1 is 1.16 bits per heavy atom. The highest BCUT2D eigenvalue weighted by Crippen LogP contribution is 2.40. The monoisotopic (exact) mass is 474 g/mol. The Balaban J connectivity index is 1.91. The van der Waals surface area contributed by atoms with Crippen LogP contribution < -0.4 is 14.2 Å². The number of aliphatic imine (C=N–C) groups is 1. The highest BCUT2D eigenvalue weighted by molar-refractivity contribution is 8.18. The fourth-order valence-electron chi connectivity index (χ4n) is 3.01. The van der Waals surface area contributed by atoms with E-state index in [4.69, 9.17) is 25.8 Å². The van der Waals surface area contributed by atoms with Crippen LogP contribution in [0.2, 0.25) is 5.02 Å². The van der Waals surface area contributed by atoms with Gasteiger partial charge in [0.15, 0.2) is 16.7 Å². The predicted molar refractivity (Wildman–Crippen MR) is 131 cm³/mol. The average molecular weight is 475 g/mol. The third-order valence-corrected chi connectivity index (χ3v) is 6.23. The zero-order chi connectivity index (χ0) is 23.3. The summed E-state index contributed by atoms with van der Waals surface area (Å²) in [6, 6.07) is 11.0. The number of halogens is 1. The van der Waals surface area contributed by atoms with Crippen molar-refractivity contribution in [1.29, 1.82) is 0 Å². The molecule has 6 nitrogen and oxygen atoms in total. The number of carbonyl (C=O) groups excluding carboxylic acids is 1. The van der Waals surface area contributed by atoms with E-state index < -0.39 is 0 Å². The van der Waals surface area contributed by atoms with Crippen molar-refractivity contribution in [2.45, 2.75) is 33.3 Å². The summed E-state index contributed by atoms with van der Waals surface area (Å²) in [5.41, 5.74) is 1.50. The lowest BCUT2D eigenvalue weighted by Crippen LogP contribution is -2.28. The van der Waals surface area contributed by atoms with Gasteiger partial charge in [0.2, 0.25) is 0 Å². The number of benzene rings is 2. The Morgan fingerprint density at radius 3 is 2.47 bits per heavy atom. The van der Waals surface area contributed by atoms with Crippen LogP contribution in [0.4, 0.5) is 5.69 Å². The van der Waals surface area contributed by atoms with Crippen molar-refractivity contribution in [3.05, 3.63) is 51.9 Å². The number of hydrogen-bond acceptors (Lipinski definition) is 6. The maximum Gasteiger partial charge on any atom is 0.266 e. The number of amides is 1. The van der Waals surface area contributed by atoms with Crippen LogP contribution in [0.25, 0.3) is 6.08 Å². The molecule has 0 aromatic heterocycles.